The predicted molar refractivity (Wildman–Crippen MR) is 133 cm³/mol. The molecule has 0 unspecified atom stereocenters. The lowest BCUT2D eigenvalue weighted by molar-refractivity contribution is 0.00375. The first-order valence-corrected chi connectivity index (χ1v) is 12.4. The average molecular weight is 476 g/mol. The van der Waals surface area contributed by atoms with Crippen LogP contribution < -0.4 is 0 Å². The van der Waals surface area contributed by atoms with E-state index in [1.54, 1.807) is 0 Å². The summed E-state index contributed by atoms with van der Waals surface area (Å²) in [6, 6.07) is 4.87. The van der Waals surface area contributed by atoms with Gasteiger partial charge in [0, 0.05) is 70.2 Å². The molecule has 3 heterocycles. The van der Waals surface area contributed by atoms with E-state index in [9.17, 15) is 4.79 Å². The fourth-order valence-electron chi connectivity index (χ4n) is 4.91. The molecule has 2 aliphatic rings. The van der Waals surface area contributed by atoms with Crippen LogP contribution in [0.2, 0.25) is 5.02 Å². The van der Waals surface area contributed by atoms with Crippen LogP contribution in [0, 0.1) is 5.92 Å². The largest absolute Gasteiger partial charge is 0.444 e. The summed E-state index contributed by atoms with van der Waals surface area (Å²) < 4.78 is 7.43. The molecule has 33 heavy (non-hydrogen) atoms. The van der Waals surface area contributed by atoms with E-state index in [2.05, 4.69) is 40.9 Å². The van der Waals surface area contributed by atoms with Crippen LogP contribution in [0.4, 0.5) is 4.79 Å². The van der Waals surface area contributed by atoms with Crippen LogP contribution in [0.5, 0.6) is 0 Å². The molecule has 0 saturated carbocycles. The van der Waals surface area contributed by atoms with Gasteiger partial charge in [0.2, 0.25) is 0 Å². The molecule has 1 atom stereocenters. The van der Waals surface area contributed by atoms with Gasteiger partial charge in [0.25, 0.3) is 0 Å². The van der Waals surface area contributed by atoms with E-state index in [1.165, 1.54) is 5.56 Å². The van der Waals surface area contributed by atoms with Gasteiger partial charge in [-0.2, -0.15) is 5.10 Å². The fraction of sp³-hybridized carbons (Fsp3) is 0.680. The highest BCUT2D eigenvalue weighted by Gasteiger charge is 2.36. The predicted octanol–water partition coefficient (Wildman–Crippen LogP) is 4.20. The molecule has 0 aliphatic carbocycles. The van der Waals surface area contributed by atoms with Gasteiger partial charge in [0.1, 0.15) is 5.60 Å². The number of piperazine rings is 1. The topological polar surface area (TPSA) is 53.8 Å². The van der Waals surface area contributed by atoms with E-state index in [0.717, 1.165) is 61.7 Å². The Labute approximate surface area is 202 Å². The van der Waals surface area contributed by atoms with Crippen LogP contribution in [0.15, 0.2) is 18.3 Å². The first-order valence-electron chi connectivity index (χ1n) is 12.1. The van der Waals surface area contributed by atoms with Gasteiger partial charge >= 0.3 is 6.09 Å². The molecule has 2 fully saturated rings. The third-order valence-corrected chi connectivity index (χ3v) is 7.24. The first-order chi connectivity index (χ1) is 15.5. The van der Waals surface area contributed by atoms with Crippen LogP contribution in [0.1, 0.15) is 46.1 Å². The van der Waals surface area contributed by atoms with Gasteiger partial charge in [0.05, 0.1) is 16.7 Å². The van der Waals surface area contributed by atoms with Crippen LogP contribution in [-0.2, 0) is 11.8 Å². The molecular weight excluding hydrogens is 438 g/mol. The quantitative estimate of drug-likeness (QED) is 0.648. The lowest BCUT2D eigenvalue weighted by Crippen LogP contribution is -2.58. The van der Waals surface area contributed by atoms with E-state index >= 15 is 0 Å². The van der Waals surface area contributed by atoms with Gasteiger partial charge in [-0.05, 0) is 44.4 Å². The molecule has 2 saturated heterocycles. The lowest BCUT2D eigenvalue weighted by atomic mass is 9.87. The second-order valence-electron chi connectivity index (χ2n) is 10.9. The van der Waals surface area contributed by atoms with Crippen molar-refractivity contribution < 1.29 is 9.53 Å². The van der Waals surface area contributed by atoms with E-state index in [1.807, 2.05) is 43.6 Å². The number of aryl methyl sites for hydroxylation is 1. The molecule has 0 spiro atoms. The highest BCUT2D eigenvalue weighted by atomic mass is 35.5. The highest BCUT2D eigenvalue weighted by Crippen LogP contribution is 2.35. The van der Waals surface area contributed by atoms with Gasteiger partial charge in [0.15, 0.2) is 0 Å². The van der Waals surface area contributed by atoms with Crippen molar-refractivity contribution in [2.24, 2.45) is 13.0 Å². The Morgan fingerprint density at radius 2 is 1.85 bits per heavy atom. The van der Waals surface area contributed by atoms with E-state index in [0.29, 0.717) is 17.9 Å². The third-order valence-electron chi connectivity index (χ3n) is 6.93. The molecule has 7 nitrogen and oxygen atoms in total. The molecule has 2 aromatic rings. The maximum atomic E-state index is 12.4. The summed E-state index contributed by atoms with van der Waals surface area (Å²) in [7, 11) is 1.97. The average Bonchev–Trinajstić information content (AvgIpc) is 3.06. The molecular formula is C25H38ClN5O2. The van der Waals surface area contributed by atoms with Gasteiger partial charge in [-0.3, -0.25) is 14.5 Å². The summed E-state index contributed by atoms with van der Waals surface area (Å²) >= 11 is 6.54. The molecule has 0 bridgehead atoms. The summed E-state index contributed by atoms with van der Waals surface area (Å²) in [5.74, 6) is 1.07. The van der Waals surface area contributed by atoms with Crippen molar-refractivity contribution >= 4 is 28.6 Å². The summed E-state index contributed by atoms with van der Waals surface area (Å²) in [6.07, 6.45) is 1.64. The zero-order valence-electron chi connectivity index (χ0n) is 20.8. The number of halogens is 1. The van der Waals surface area contributed by atoms with Crippen LogP contribution in [0.3, 0.4) is 0 Å². The summed E-state index contributed by atoms with van der Waals surface area (Å²) in [6.45, 7) is 16.8. The third kappa shape index (κ3) is 5.47. The summed E-state index contributed by atoms with van der Waals surface area (Å²) in [5.41, 5.74) is 1.95. The lowest BCUT2D eigenvalue weighted by Gasteiger charge is -2.48. The Kier molecular flexibility index (Phi) is 6.95. The number of carbonyl (C=O) groups is 1. The molecule has 182 valence electrons. The number of rotatable bonds is 5. The molecule has 8 heteroatoms. The molecule has 4 rings (SSSR count). The number of hydrogen-bond acceptors (Lipinski definition) is 5. The number of fused-ring (bicyclic) bond motifs is 1. The monoisotopic (exact) mass is 475 g/mol. The molecule has 0 N–H and O–H groups in total. The van der Waals surface area contributed by atoms with Gasteiger partial charge in [-0.1, -0.05) is 25.4 Å². The van der Waals surface area contributed by atoms with Crippen molar-refractivity contribution in [3.05, 3.63) is 28.9 Å². The van der Waals surface area contributed by atoms with Crippen molar-refractivity contribution in [2.75, 3.05) is 45.8 Å². The Balaban J connectivity index is 1.32. The van der Waals surface area contributed by atoms with Gasteiger partial charge in [-0.25, -0.2) is 4.79 Å². The Morgan fingerprint density at radius 1 is 1.18 bits per heavy atom. The normalized spacial score (nSPS) is 19.8. The number of aromatic nitrogens is 2. The zero-order valence-corrected chi connectivity index (χ0v) is 21.6. The van der Waals surface area contributed by atoms with Crippen molar-refractivity contribution in [3.8, 4) is 0 Å². The van der Waals surface area contributed by atoms with Crippen molar-refractivity contribution in [3.63, 3.8) is 0 Å². The fourth-order valence-corrected chi connectivity index (χ4v) is 5.18. The number of carbonyl (C=O) groups excluding carboxylic acids is 1. The first kappa shape index (κ1) is 24.3. The van der Waals surface area contributed by atoms with Crippen molar-refractivity contribution in [2.45, 2.75) is 52.2 Å². The zero-order chi connectivity index (χ0) is 23.9. The second-order valence-corrected chi connectivity index (χ2v) is 11.3. The maximum Gasteiger partial charge on any atom is 0.410 e. The van der Waals surface area contributed by atoms with Gasteiger partial charge in [-0.15, -0.1) is 0 Å². The Bertz CT molecular complexity index is 985. The highest BCUT2D eigenvalue weighted by molar-refractivity contribution is 6.35. The van der Waals surface area contributed by atoms with E-state index in [-0.39, 0.29) is 6.09 Å². The molecule has 1 amide bonds. The number of amides is 1. The van der Waals surface area contributed by atoms with Crippen molar-refractivity contribution in [1.82, 2.24) is 24.5 Å². The van der Waals surface area contributed by atoms with Crippen molar-refractivity contribution in [1.29, 1.82) is 0 Å². The number of benzene rings is 1. The molecule has 0 radical (unpaired) electrons. The SMILES string of the molecule is CC(C)[C@H](CN1CCN(C(=O)OC(C)(C)C)CC1)N1CC(c2cc(Cl)c3cnn(C)c3c2)C1. The number of nitrogens with zero attached hydrogens (tertiary/aromatic N) is 5. The van der Waals surface area contributed by atoms with E-state index in [4.69, 9.17) is 16.3 Å². The van der Waals surface area contributed by atoms with Crippen LogP contribution in [0.25, 0.3) is 10.9 Å². The Morgan fingerprint density at radius 3 is 2.45 bits per heavy atom. The summed E-state index contributed by atoms with van der Waals surface area (Å²) in [5, 5.41) is 6.16. The molecule has 1 aromatic heterocycles. The minimum Gasteiger partial charge on any atom is -0.444 e. The van der Waals surface area contributed by atoms with Crippen LogP contribution >= 0.6 is 11.6 Å². The second kappa shape index (κ2) is 9.43. The maximum absolute atomic E-state index is 12.4. The minimum absolute atomic E-state index is 0.197. The standard InChI is InChI=1S/C25H38ClN5O2/c1-17(2)23(16-29-7-9-30(10-8-29)24(32)33-25(3,4)5)31-14-19(15-31)18-11-21(26)20-13-27-28(6)22(20)12-18/h11-13,17,19,23H,7-10,14-16H2,1-6H3/t23-/m0/s1. The number of hydrogen-bond donors (Lipinski definition) is 0. The number of likely N-dealkylation sites (tertiary alicyclic amines) is 1. The van der Waals surface area contributed by atoms with Crippen LogP contribution in [-0.4, -0.2) is 88.0 Å². The Hall–Kier alpha value is -1.83. The minimum atomic E-state index is -0.448. The van der Waals surface area contributed by atoms with E-state index < -0.39 is 5.60 Å². The molecule has 2 aliphatic heterocycles. The van der Waals surface area contributed by atoms with Gasteiger partial charge < -0.3 is 9.64 Å². The smallest absolute Gasteiger partial charge is 0.410 e. The number of ether oxygens (including phenoxy) is 1. The molecule has 1 aromatic carbocycles. The summed E-state index contributed by atoms with van der Waals surface area (Å²) in [4.78, 5) is 19.3.